The Morgan fingerprint density at radius 3 is 1.93 bits per heavy atom. The molecule has 0 aliphatic heterocycles. The SMILES string of the molecule is CN(CCC(C)(C)O)C(=S)C(C)(C)C. The van der Waals surface area contributed by atoms with Crippen molar-refractivity contribution in [1.29, 1.82) is 0 Å². The first-order chi connectivity index (χ1) is 6.04. The Labute approximate surface area is 93.3 Å². The molecular formula is C11H23NOS. The summed E-state index contributed by atoms with van der Waals surface area (Å²) in [5, 5.41) is 9.58. The predicted molar refractivity (Wildman–Crippen MR) is 65.6 cm³/mol. The smallest absolute Gasteiger partial charge is 0.0831 e. The molecule has 0 unspecified atom stereocenters. The van der Waals surface area contributed by atoms with Crippen LogP contribution in [0.2, 0.25) is 0 Å². The van der Waals surface area contributed by atoms with E-state index in [1.54, 1.807) is 0 Å². The molecule has 0 fully saturated rings. The van der Waals surface area contributed by atoms with E-state index in [4.69, 9.17) is 12.2 Å². The number of nitrogens with zero attached hydrogens (tertiary/aromatic N) is 1. The molecule has 0 rings (SSSR count). The van der Waals surface area contributed by atoms with Gasteiger partial charge in [0, 0.05) is 19.0 Å². The quantitative estimate of drug-likeness (QED) is 0.735. The summed E-state index contributed by atoms with van der Waals surface area (Å²) < 4.78 is 0. The Bertz CT molecular complexity index is 200. The van der Waals surface area contributed by atoms with Crippen molar-refractivity contribution in [1.82, 2.24) is 4.90 Å². The van der Waals surface area contributed by atoms with Crippen molar-refractivity contribution in [3.63, 3.8) is 0 Å². The monoisotopic (exact) mass is 217 g/mol. The predicted octanol–water partition coefficient (Wildman–Crippen LogP) is 2.45. The van der Waals surface area contributed by atoms with Crippen LogP contribution in [0.25, 0.3) is 0 Å². The number of rotatable bonds is 3. The van der Waals surface area contributed by atoms with Crippen LogP contribution in [0.15, 0.2) is 0 Å². The van der Waals surface area contributed by atoms with Crippen molar-refractivity contribution in [3.05, 3.63) is 0 Å². The normalized spacial score (nSPS) is 12.8. The van der Waals surface area contributed by atoms with E-state index in [2.05, 4.69) is 20.8 Å². The molecule has 2 nitrogen and oxygen atoms in total. The van der Waals surface area contributed by atoms with Crippen LogP contribution in [0, 0.1) is 5.41 Å². The maximum Gasteiger partial charge on any atom is 0.0831 e. The van der Waals surface area contributed by atoms with Gasteiger partial charge in [-0.2, -0.15) is 0 Å². The molecular weight excluding hydrogens is 194 g/mol. The number of thiocarbonyl (C=S) groups is 1. The number of aliphatic hydroxyl groups is 1. The molecule has 0 heterocycles. The van der Waals surface area contributed by atoms with Gasteiger partial charge >= 0.3 is 0 Å². The van der Waals surface area contributed by atoms with Gasteiger partial charge in [0.2, 0.25) is 0 Å². The van der Waals surface area contributed by atoms with Crippen molar-refractivity contribution in [3.8, 4) is 0 Å². The van der Waals surface area contributed by atoms with E-state index in [1.165, 1.54) is 0 Å². The second-order valence-electron chi connectivity index (χ2n) is 5.54. The average molecular weight is 217 g/mol. The third-order valence-electron chi connectivity index (χ3n) is 2.05. The van der Waals surface area contributed by atoms with Gasteiger partial charge in [0.15, 0.2) is 0 Å². The zero-order valence-electron chi connectivity index (χ0n) is 10.2. The third kappa shape index (κ3) is 5.55. The van der Waals surface area contributed by atoms with Crippen LogP contribution < -0.4 is 0 Å². The lowest BCUT2D eigenvalue weighted by Gasteiger charge is -2.31. The molecule has 0 atom stereocenters. The standard InChI is InChI=1S/C11H23NOS/c1-10(2,3)9(14)12(6)8-7-11(4,5)13/h13H,7-8H2,1-6H3. The minimum Gasteiger partial charge on any atom is -0.390 e. The first-order valence-electron chi connectivity index (χ1n) is 5.02. The summed E-state index contributed by atoms with van der Waals surface area (Å²) in [6.07, 6.45) is 0.736. The highest BCUT2D eigenvalue weighted by atomic mass is 32.1. The molecule has 0 amide bonds. The summed E-state index contributed by atoms with van der Waals surface area (Å²) in [7, 11) is 1.99. The Morgan fingerprint density at radius 2 is 1.64 bits per heavy atom. The Balaban J connectivity index is 4.11. The highest BCUT2D eigenvalue weighted by Crippen LogP contribution is 2.19. The van der Waals surface area contributed by atoms with Crippen molar-refractivity contribution in [2.24, 2.45) is 5.41 Å². The maximum absolute atomic E-state index is 9.58. The molecule has 0 aromatic rings. The molecule has 0 saturated carbocycles. The maximum atomic E-state index is 9.58. The Hall–Kier alpha value is -0.150. The van der Waals surface area contributed by atoms with Gasteiger partial charge in [-0.1, -0.05) is 33.0 Å². The third-order valence-corrected chi connectivity index (χ3v) is 2.97. The van der Waals surface area contributed by atoms with Gasteiger partial charge in [-0.15, -0.1) is 0 Å². The van der Waals surface area contributed by atoms with Crippen LogP contribution in [-0.4, -0.2) is 34.2 Å². The van der Waals surface area contributed by atoms with E-state index < -0.39 is 5.60 Å². The first kappa shape index (κ1) is 13.8. The Kier molecular flexibility index (Phi) is 4.53. The highest BCUT2D eigenvalue weighted by molar-refractivity contribution is 7.80. The van der Waals surface area contributed by atoms with E-state index in [0.29, 0.717) is 0 Å². The summed E-state index contributed by atoms with van der Waals surface area (Å²) >= 11 is 5.35. The zero-order chi connectivity index (χ0) is 11.6. The van der Waals surface area contributed by atoms with Crippen LogP contribution in [0.5, 0.6) is 0 Å². The number of hydrogen-bond donors (Lipinski definition) is 1. The topological polar surface area (TPSA) is 23.5 Å². The van der Waals surface area contributed by atoms with Crippen LogP contribution in [0.3, 0.4) is 0 Å². The summed E-state index contributed by atoms with van der Waals surface area (Å²) in [6, 6.07) is 0. The van der Waals surface area contributed by atoms with Crippen LogP contribution in [0.4, 0.5) is 0 Å². The zero-order valence-corrected chi connectivity index (χ0v) is 11.0. The minimum atomic E-state index is -0.609. The highest BCUT2D eigenvalue weighted by Gasteiger charge is 2.22. The largest absolute Gasteiger partial charge is 0.390 e. The van der Waals surface area contributed by atoms with Crippen molar-refractivity contribution in [2.75, 3.05) is 13.6 Å². The van der Waals surface area contributed by atoms with E-state index in [0.717, 1.165) is 18.0 Å². The molecule has 0 radical (unpaired) electrons. The van der Waals surface area contributed by atoms with Gasteiger partial charge < -0.3 is 10.0 Å². The van der Waals surface area contributed by atoms with Gasteiger partial charge in [-0.25, -0.2) is 0 Å². The van der Waals surface area contributed by atoms with Crippen LogP contribution in [0.1, 0.15) is 41.0 Å². The van der Waals surface area contributed by atoms with Crippen molar-refractivity contribution >= 4 is 17.2 Å². The van der Waals surface area contributed by atoms with Gasteiger partial charge in [0.05, 0.1) is 10.6 Å². The second kappa shape index (κ2) is 4.58. The van der Waals surface area contributed by atoms with E-state index in [-0.39, 0.29) is 5.41 Å². The molecule has 84 valence electrons. The molecule has 0 aromatic carbocycles. The van der Waals surface area contributed by atoms with E-state index in [9.17, 15) is 5.11 Å². The molecule has 0 aliphatic rings. The second-order valence-corrected chi connectivity index (χ2v) is 5.93. The fourth-order valence-corrected chi connectivity index (χ4v) is 1.21. The van der Waals surface area contributed by atoms with Gasteiger partial charge in [0.25, 0.3) is 0 Å². The molecule has 3 heteroatoms. The fourth-order valence-electron chi connectivity index (χ4n) is 1.12. The summed E-state index contributed by atoms with van der Waals surface area (Å²) in [5.41, 5.74) is -0.578. The first-order valence-corrected chi connectivity index (χ1v) is 5.43. The minimum absolute atomic E-state index is 0.0314. The van der Waals surface area contributed by atoms with Crippen molar-refractivity contribution in [2.45, 2.75) is 46.6 Å². The molecule has 0 aliphatic carbocycles. The van der Waals surface area contributed by atoms with Crippen LogP contribution in [-0.2, 0) is 0 Å². The van der Waals surface area contributed by atoms with Crippen molar-refractivity contribution < 1.29 is 5.11 Å². The number of hydrogen-bond acceptors (Lipinski definition) is 2. The van der Waals surface area contributed by atoms with Gasteiger partial charge in [-0.05, 0) is 20.3 Å². The van der Waals surface area contributed by atoms with E-state index >= 15 is 0 Å². The Morgan fingerprint density at radius 1 is 1.21 bits per heavy atom. The molecule has 1 N–H and O–H groups in total. The summed E-state index contributed by atoms with van der Waals surface area (Å²) in [5.74, 6) is 0. The van der Waals surface area contributed by atoms with Crippen LogP contribution >= 0.6 is 12.2 Å². The van der Waals surface area contributed by atoms with E-state index in [1.807, 2.05) is 25.8 Å². The lowest BCUT2D eigenvalue weighted by molar-refractivity contribution is 0.0658. The van der Waals surface area contributed by atoms with Gasteiger partial charge in [0.1, 0.15) is 0 Å². The lowest BCUT2D eigenvalue weighted by atomic mass is 9.95. The molecule has 0 aromatic heterocycles. The average Bonchev–Trinajstić information content (AvgIpc) is 1.95. The lowest BCUT2D eigenvalue weighted by Crippen LogP contribution is -2.38. The molecule has 0 bridgehead atoms. The van der Waals surface area contributed by atoms with Gasteiger partial charge in [-0.3, -0.25) is 0 Å². The molecule has 14 heavy (non-hydrogen) atoms. The molecule has 0 spiro atoms. The fraction of sp³-hybridized carbons (Fsp3) is 0.909. The molecule has 0 saturated heterocycles. The summed E-state index contributed by atoms with van der Waals surface area (Å²) in [4.78, 5) is 2.99. The summed E-state index contributed by atoms with van der Waals surface area (Å²) in [6.45, 7) is 10.8.